The highest BCUT2D eigenvalue weighted by Crippen LogP contribution is 2.33. The van der Waals surface area contributed by atoms with Crippen LogP contribution >= 0.6 is 0 Å². The van der Waals surface area contributed by atoms with E-state index >= 15 is 0 Å². The van der Waals surface area contributed by atoms with Crippen LogP contribution in [0.3, 0.4) is 0 Å². The van der Waals surface area contributed by atoms with Crippen LogP contribution in [-0.4, -0.2) is 55.0 Å². The summed E-state index contributed by atoms with van der Waals surface area (Å²) in [7, 11) is 0. The minimum atomic E-state index is -0.720. The highest BCUT2D eigenvalue weighted by Gasteiger charge is 2.21. The molecule has 0 saturated heterocycles. The molecule has 13 heteroatoms. The molecule has 0 spiro atoms. The molecular formula is C52H62N4O9. The van der Waals surface area contributed by atoms with Gasteiger partial charge in [-0.25, -0.2) is 4.79 Å². The van der Waals surface area contributed by atoms with Crippen molar-refractivity contribution >= 4 is 57.4 Å². The Bertz CT molecular complexity index is 2470. The van der Waals surface area contributed by atoms with Crippen molar-refractivity contribution in [2.24, 2.45) is 11.8 Å². The Morgan fingerprint density at radius 3 is 1.58 bits per heavy atom. The average molecular weight is 887 g/mol. The highest BCUT2D eigenvalue weighted by molar-refractivity contribution is 6.08. The molecule has 0 aliphatic heterocycles. The Kier molecular flexibility index (Phi) is 17.5. The Morgan fingerprint density at radius 1 is 0.554 bits per heavy atom. The zero-order chi connectivity index (χ0) is 47.1. The summed E-state index contributed by atoms with van der Waals surface area (Å²) in [5, 5.41) is 13.6. The van der Waals surface area contributed by atoms with Gasteiger partial charge in [0.15, 0.2) is 0 Å². The first-order valence-electron chi connectivity index (χ1n) is 22.1. The fraction of sp³-hybridized carbons (Fsp3) is 0.365. The van der Waals surface area contributed by atoms with Crippen LogP contribution in [0.25, 0.3) is 10.8 Å². The summed E-state index contributed by atoms with van der Waals surface area (Å²) in [4.78, 5) is 64.9. The first-order valence-corrected chi connectivity index (χ1v) is 22.1. The van der Waals surface area contributed by atoms with Gasteiger partial charge in [-0.1, -0.05) is 70.5 Å². The summed E-state index contributed by atoms with van der Waals surface area (Å²) in [5.74, 6) is 0.112. The van der Waals surface area contributed by atoms with Gasteiger partial charge >= 0.3 is 6.09 Å². The van der Waals surface area contributed by atoms with Crippen LogP contribution in [-0.2, 0) is 16.1 Å². The standard InChI is InChI=1S/C52H62N4O9/c1-33(2)30-62-45-27-39(48(58)53-25-13-9-10-14-35(5)57)19-22-42(45)54-49(59)40-20-23-43(46(28-40)64-32-36-17-18-37-15-11-12-16-38(37)26-36)55-50(60)41-21-24-44(47(29-41)63-31-34(3)4)56-51(61)65-52(6,7)8/h11-12,15-24,26-29,33-34H,9-10,13-14,25,30-32H2,1-8H3,(H,53,58)(H,54,59)(H,55,60)(H,56,61). The number of ketones is 1. The second-order valence-corrected chi connectivity index (χ2v) is 17.8. The van der Waals surface area contributed by atoms with E-state index in [1.165, 1.54) is 0 Å². The van der Waals surface area contributed by atoms with Crippen LogP contribution in [0.2, 0.25) is 0 Å². The third-order valence-corrected chi connectivity index (χ3v) is 9.71. The van der Waals surface area contributed by atoms with Gasteiger partial charge in [-0.15, -0.1) is 0 Å². The smallest absolute Gasteiger partial charge is 0.412 e. The van der Waals surface area contributed by atoms with Gasteiger partial charge in [0.05, 0.1) is 30.3 Å². The first kappa shape index (κ1) is 49.1. The summed E-state index contributed by atoms with van der Waals surface area (Å²) < 4.78 is 23.9. The molecule has 0 radical (unpaired) electrons. The number of rotatable bonds is 21. The van der Waals surface area contributed by atoms with E-state index in [0.717, 1.165) is 35.6 Å². The number of carbonyl (C=O) groups is 5. The van der Waals surface area contributed by atoms with Crippen LogP contribution in [0.4, 0.5) is 21.9 Å². The lowest BCUT2D eigenvalue weighted by molar-refractivity contribution is -0.117. The number of ether oxygens (including phenoxy) is 4. The van der Waals surface area contributed by atoms with E-state index in [2.05, 4.69) is 21.3 Å². The van der Waals surface area contributed by atoms with E-state index < -0.39 is 23.5 Å². The fourth-order valence-corrected chi connectivity index (χ4v) is 6.44. The monoisotopic (exact) mass is 886 g/mol. The summed E-state index contributed by atoms with van der Waals surface area (Å²) in [5.41, 5.74) is 2.03. The van der Waals surface area contributed by atoms with Crippen LogP contribution in [0.5, 0.6) is 17.2 Å². The molecule has 5 rings (SSSR count). The SMILES string of the molecule is CC(=O)CCCCCNC(=O)c1ccc(NC(=O)c2ccc(NC(=O)c3ccc(NC(=O)OC(C)(C)C)c(OCC(C)C)c3)c(OCc3ccc4ccccc4c3)c2)c(OCC(C)C)c1. The lowest BCUT2D eigenvalue weighted by Crippen LogP contribution is -2.27. The van der Waals surface area contributed by atoms with Gasteiger partial charge in [-0.05, 0) is 129 Å². The van der Waals surface area contributed by atoms with E-state index in [0.29, 0.717) is 60.3 Å². The number of benzene rings is 5. The third-order valence-electron chi connectivity index (χ3n) is 9.71. The first-order chi connectivity index (χ1) is 30.9. The van der Waals surface area contributed by atoms with Gasteiger partial charge in [-0.3, -0.25) is 19.7 Å². The number of hydrogen-bond acceptors (Lipinski definition) is 9. The molecule has 0 heterocycles. The third kappa shape index (κ3) is 15.7. The van der Waals surface area contributed by atoms with Gasteiger partial charge in [0.25, 0.3) is 17.7 Å². The predicted octanol–water partition coefficient (Wildman–Crippen LogP) is 11.2. The van der Waals surface area contributed by atoms with Crippen LogP contribution in [0.15, 0.2) is 97.1 Å². The molecule has 0 aliphatic rings. The van der Waals surface area contributed by atoms with Crippen molar-refractivity contribution in [1.82, 2.24) is 5.32 Å². The van der Waals surface area contributed by atoms with E-state index in [-0.39, 0.29) is 47.0 Å². The van der Waals surface area contributed by atoms with Crippen LogP contribution in [0.1, 0.15) is 118 Å². The summed E-state index contributed by atoms with van der Waals surface area (Å²) in [6, 6.07) is 28.3. The molecular weight excluding hydrogens is 825 g/mol. The lowest BCUT2D eigenvalue weighted by atomic mass is 10.1. The molecule has 344 valence electrons. The molecule has 65 heavy (non-hydrogen) atoms. The summed E-state index contributed by atoms with van der Waals surface area (Å²) >= 11 is 0. The Balaban J connectivity index is 1.40. The number of anilines is 3. The summed E-state index contributed by atoms with van der Waals surface area (Å²) in [6.07, 6.45) is 2.23. The molecule has 0 aromatic heterocycles. The summed E-state index contributed by atoms with van der Waals surface area (Å²) in [6.45, 7) is 16.1. The fourth-order valence-electron chi connectivity index (χ4n) is 6.44. The number of amides is 4. The molecule has 0 saturated carbocycles. The maximum atomic E-state index is 14.0. The normalized spacial score (nSPS) is 11.2. The zero-order valence-corrected chi connectivity index (χ0v) is 38.7. The van der Waals surface area contributed by atoms with Crippen molar-refractivity contribution in [1.29, 1.82) is 0 Å². The van der Waals surface area contributed by atoms with E-state index in [1.54, 1.807) is 82.3 Å². The highest BCUT2D eigenvalue weighted by atomic mass is 16.6. The van der Waals surface area contributed by atoms with E-state index in [1.807, 2.05) is 70.2 Å². The largest absolute Gasteiger partial charge is 0.491 e. The van der Waals surface area contributed by atoms with Crippen LogP contribution < -0.4 is 35.5 Å². The Morgan fingerprint density at radius 2 is 1.06 bits per heavy atom. The van der Waals surface area contributed by atoms with Crippen molar-refractivity contribution in [2.75, 3.05) is 35.7 Å². The Labute approximate surface area is 382 Å². The van der Waals surface area contributed by atoms with Gasteiger partial charge < -0.3 is 39.7 Å². The minimum absolute atomic E-state index is 0.131. The molecule has 5 aromatic carbocycles. The van der Waals surface area contributed by atoms with Crippen LogP contribution in [0, 0.1) is 11.8 Å². The van der Waals surface area contributed by atoms with Gasteiger partial charge in [0, 0.05) is 29.7 Å². The Hall–Kier alpha value is -6.89. The second-order valence-electron chi connectivity index (χ2n) is 17.8. The molecule has 5 aromatic rings. The number of Topliss-reactive ketones (excluding diaryl/α,β-unsaturated/α-hetero) is 1. The second kappa shape index (κ2) is 23.2. The number of carbonyl (C=O) groups excluding carboxylic acids is 5. The van der Waals surface area contributed by atoms with Crippen molar-refractivity contribution < 1.29 is 42.9 Å². The molecule has 0 atom stereocenters. The number of nitrogens with one attached hydrogen (secondary N) is 4. The molecule has 4 amide bonds. The van der Waals surface area contributed by atoms with Crippen molar-refractivity contribution in [3.63, 3.8) is 0 Å². The van der Waals surface area contributed by atoms with E-state index in [4.69, 9.17) is 18.9 Å². The van der Waals surface area contributed by atoms with Gasteiger partial charge in [0.2, 0.25) is 0 Å². The van der Waals surface area contributed by atoms with Gasteiger partial charge in [0.1, 0.15) is 35.2 Å². The molecule has 0 bridgehead atoms. The molecule has 0 fully saturated rings. The number of hydrogen-bond donors (Lipinski definition) is 4. The molecule has 13 nitrogen and oxygen atoms in total. The maximum absolute atomic E-state index is 14.0. The number of unbranched alkanes of at least 4 members (excludes halogenated alkanes) is 2. The lowest BCUT2D eigenvalue weighted by Gasteiger charge is -2.21. The van der Waals surface area contributed by atoms with Crippen molar-refractivity contribution in [3.8, 4) is 17.2 Å². The topological polar surface area (TPSA) is 170 Å². The minimum Gasteiger partial charge on any atom is -0.491 e. The maximum Gasteiger partial charge on any atom is 0.412 e. The van der Waals surface area contributed by atoms with Crippen molar-refractivity contribution in [3.05, 3.63) is 119 Å². The molecule has 0 unspecified atom stereocenters. The molecule has 4 N–H and O–H groups in total. The average Bonchev–Trinajstić information content (AvgIpc) is 3.25. The van der Waals surface area contributed by atoms with Gasteiger partial charge in [-0.2, -0.15) is 0 Å². The zero-order valence-electron chi connectivity index (χ0n) is 38.7. The number of fused-ring (bicyclic) bond motifs is 1. The van der Waals surface area contributed by atoms with Crippen molar-refractivity contribution in [2.45, 2.75) is 93.3 Å². The molecule has 0 aliphatic carbocycles. The predicted molar refractivity (Wildman–Crippen MR) is 256 cm³/mol. The van der Waals surface area contributed by atoms with E-state index in [9.17, 15) is 24.0 Å². The quantitative estimate of drug-likeness (QED) is 0.0524.